The Kier molecular flexibility index (Phi) is 3.71. The van der Waals surface area contributed by atoms with Gasteiger partial charge in [-0.1, -0.05) is 20.8 Å². The van der Waals surface area contributed by atoms with Crippen LogP contribution in [-0.4, -0.2) is 16.1 Å². The van der Waals surface area contributed by atoms with Crippen molar-refractivity contribution in [1.29, 1.82) is 0 Å². The molecule has 0 spiro atoms. The van der Waals surface area contributed by atoms with Crippen LogP contribution in [0.2, 0.25) is 0 Å². The molecule has 0 aliphatic rings. The topological polar surface area (TPSA) is 45.8 Å². The number of hydrogen-bond donors (Lipinski definition) is 1. The van der Waals surface area contributed by atoms with Crippen molar-refractivity contribution in [3.8, 4) is 0 Å². The number of alkyl halides is 3. The van der Waals surface area contributed by atoms with Gasteiger partial charge in [0.05, 0.1) is 5.69 Å². The van der Waals surface area contributed by atoms with E-state index in [0.717, 1.165) is 0 Å². The minimum Gasteiger partial charge on any atom is -0.309 e. The summed E-state index contributed by atoms with van der Waals surface area (Å²) in [6.45, 7) is 5.32. The fourth-order valence-electron chi connectivity index (χ4n) is 1.28. The Labute approximate surface area is 105 Å². The fourth-order valence-corrected chi connectivity index (χ4v) is 2.06. The summed E-state index contributed by atoms with van der Waals surface area (Å²) in [4.78, 5) is 17.5. The molecule has 96 valence electrons. The highest BCUT2D eigenvalue weighted by molar-refractivity contribution is 9.10. The lowest BCUT2D eigenvalue weighted by atomic mass is 9.92. The quantitative estimate of drug-likeness (QED) is 0.866. The van der Waals surface area contributed by atoms with Crippen LogP contribution in [0.5, 0.6) is 0 Å². The molecular weight excluding hydrogens is 301 g/mol. The molecule has 3 nitrogen and oxygen atoms in total. The molecule has 0 atom stereocenters. The first-order chi connectivity index (χ1) is 7.50. The van der Waals surface area contributed by atoms with E-state index in [1.165, 1.54) is 0 Å². The molecule has 1 rings (SSSR count). The summed E-state index contributed by atoms with van der Waals surface area (Å²) in [5.74, 6) is -0.365. The molecule has 0 aliphatic carbocycles. The van der Waals surface area contributed by atoms with Gasteiger partial charge in [0.25, 0.3) is 5.56 Å². The molecule has 1 N–H and O–H groups in total. The van der Waals surface area contributed by atoms with Crippen LogP contribution in [0.3, 0.4) is 0 Å². The number of rotatable bonds is 1. The molecule has 0 aromatic carbocycles. The van der Waals surface area contributed by atoms with E-state index in [9.17, 15) is 18.0 Å². The number of halogens is 4. The van der Waals surface area contributed by atoms with Gasteiger partial charge in [0.2, 0.25) is 0 Å². The zero-order chi connectivity index (χ0) is 13.4. The zero-order valence-corrected chi connectivity index (χ0v) is 11.2. The Bertz CT molecular complexity index is 474. The van der Waals surface area contributed by atoms with Crippen LogP contribution in [-0.2, 0) is 11.8 Å². The van der Waals surface area contributed by atoms with Crippen LogP contribution in [0.4, 0.5) is 13.2 Å². The first-order valence-corrected chi connectivity index (χ1v) is 5.66. The Hall–Kier alpha value is -0.850. The number of H-pyrrole nitrogens is 1. The Morgan fingerprint density at radius 2 is 1.82 bits per heavy atom. The minimum atomic E-state index is -4.39. The predicted octanol–water partition coefficient (Wildman–Crippen LogP) is 2.93. The van der Waals surface area contributed by atoms with Crippen LogP contribution in [0.15, 0.2) is 9.27 Å². The van der Waals surface area contributed by atoms with Crippen molar-refractivity contribution in [2.45, 2.75) is 38.8 Å². The maximum Gasteiger partial charge on any atom is 0.396 e. The number of nitrogens with one attached hydrogen (secondary N) is 1. The largest absolute Gasteiger partial charge is 0.396 e. The second-order valence-corrected chi connectivity index (χ2v) is 5.51. The van der Waals surface area contributed by atoms with E-state index in [2.05, 4.69) is 25.9 Å². The van der Waals surface area contributed by atoms with Crippen molar-refractivity contribution in [2.24, 2.45) is 0 Å². The molecule has 1 aromatic rings. The van der Waals surface area contributed by atoms with Gasteiger partial charge < -0.3 is 4.98 Å². The number of aromatic nitrogens is 2. The van der Waals surface area contributed by atoms with E-state index < -0.39 is 23.6 Å². The summed E-state index contributed by atoms with van der Waals surface area (Å²) in [5.41, 5.74) is -0.780. The van der Waals surface area contributed by atoms with Crippen LogP contribution in [0, 0.1) is 0 Å². The van der Waals surface area contributed by atoms with E-state index >= 15 is 0 Å². The molecule has 0 aliphatic heterocycles. The number of hydrogen-bond acceptors (Lipinski definition) is 2. The summed E-state index contributed by atoms with van der Waals surface area (Å²) < 4.78 is 36.9. The van der Waals surface area contributed by atoms with Crippen molar-refractivity contribution in [3.63, 3.8) is 0 Å². The summed E-state index contributed by atoms with van der Waals surface area (Å²) in [6, 6.07) is 0. The first kappa shape index (κ1) is 14.2. The average Bonchev–Trinajstić information content (AvgIpc) is 2.06. The van der Waals surface area contributed by atoms with E-state index in [4.69, 9.17) is 0 Å². The van der Waals surface area contributed by atoms with Crippen LogP contribution in [0.1, 0.15) is 32.3 Å². The lowest BCUT2D eigenvalue weighted by Gasteiger charge is -2.19. The molecule has 0 unspecified atom stereocenters. The van der Waals surface area contributed by atoms with Gasteiger partial charge in [-0.25, -0.2) is 4.98 Å². The molecule has 0 fully saturated rings. The van der Waals surface area contributed by atoms with E-state index in [0.29, 0.717) is 5.69 Å². The van der Waals surface area contributed by atoms with Gasteiger partial charge in [-0.3, -0.25) is 4.79 Å². The number of aromatic amines is 1. The van der Waals surface area contributed by atoms with Crippen molar-refractivity contribution in [2.75, 3.05) is 0 Å². The lowest BCUT2D eigenvalue weighted by Crippen LogP contribution is -2.25. The molecule has 0 amide bonds. The first-order valence-electron chi connectivity index (χ1n) is 4.86. The SMILES string of the molecule is CC(C)(C)c1nc(CC(F)(F)F)[nH]c(=O)c1Br. The van der Waals surface area contributed by atoms with Crippen LogP contribution in [0.25, 0.3) is 0 Å². The van der Waals surface area contributed by atoms with Gasteiger partial charge in [-0.05, 0) is 15.9 Å². The zero-order valence-electron chi connectivity index (χ0n) is 9.57. The van der Waals surface area contributed by atoms with Gasteiger partial charge in [0.1, 0.15) is 16.7 Å². The third-order valence-corrected chi connectivity index (χ3v) is 2.73. The lowest BCUT2D eigenvalue weighted by molar-refractivity contribution is -0.128. The standard InChI is InChI=1S/C10H12BrF3N2O/c1-9(2,3)7-6(11)8(17)16-5(15-7)4-10(12,13)14/h4H2,1-3H3,(H,15,16,17). The van der Waals surface area contributed by atoms with Gasteiger partial charge in [-0.2, -0.15) is 13.2 Å². The highest BCUT2D eigenvalue weighted by Gasteiger charge is 2.31. The molecule has 0 radical (unpaired) electrons. The minimum absolute atomic E-state index is 0.177. The third-order valence-electron chi connectivity index (χ3n) is 1.99. The van der Waals surface area contributed by atoms with Crippen LogP contribution < -0.4 is 5.56 Å². The Balaban J connectivity index is 3.30. The van der Waals surface area contributed by atoms with Gasteiger partial charge >= 0.3 is 6.18 Å². The highest BCUT2D eigenvalue weighted by atomic mass is 79.9. The maximum atomic E-state index is 12.2. The Morgan fingerprint density at radius 3 is 2.24 bits per heavy atom. The summed E-state index contributed by atoms with van der Waals surface area (Å²) in [6.07, 6.45) is -5.63. The van der Waals surface area contributed by atoms with Crippen LogP contribution >= 0.6 is 15.9 Å². The average molecular weight is 313 g/mol. The normalized spacial score (nSPS) is 12.9. The van der Waals surface area contributed by atoms with E-state index in [-0.39, 0.29) is 10.3 Å². The molecule has 1 heterocycles. The molecule has 17 heavy (non-hydrogen) atoms. The molecule has 1 aromatic heterocycles. The van der Waals surface area contributed by atoms with Crippen molar-refractivity contribution in [1.82, 2.24) is 9.97 Å². The summed E-state index contributed by atoms with van der Waals surface area (Å²) >= 11 is 3.04. The van der Waals surface area contributed by atoms with Crippen molar-refractivity contribution >= 4 is 15.9 Å². The van der Waals surface area contributed by atoms with Gasteiger partial charge in [-0.15, -0.1) is 0 Å². The second kappa shape index (κ2) is 4.44. The summed E-state index contributed by atoms with van der Waals surface area (Å²) in [5, 5.41) is 0. The Morgan fingerprint density at radius 1 is 1.29 bits per heavy atom. The number of nitrogens with zero attached hydrogens (tertiary/aromatic N) is 1. The summed E-state index contributed by atoms with van der Waals surface area (Å²) in [7, 11) is 0. The maximum absolute atomic E-state index is 12.2. The predicted molar refractivity (Wildman–Crippen MR) is 61.0 cm³/mol. The second-order valence-electron chi connectivity index (χ2n) is 4.72. The molecule has 0 saturated heterocycles. The third kappa shape index (κ3) is 3.83. The fraction of sp³-hybridized carbons (Fsp3) is 0.600. The van der Waals surface area contributed by atoms with E-state index in [1.54, 1.807) is 20.8 Å². The molecular formula is C10H12BrF3N2O. The molecule has 0 bridgehead atoms. The van der Waals surface area contributed by atoms with Gasteiger partial charge in [0, 0.05) is 5.41 Å². The monoisotopic (exact) mass is 312 g/mol. The van der Waals surface area contributed by atoms with E-state index in [1.807, 2.05) is 0 Å². The highest BCUT2D eigenvalue weighted by Crippen LogP contribution is 2.26. The smallest absolute Gasteiger partial charge is 0.309 e. The van der Waals surface area contributed by atoms with Crippen molar-refractivity contribution < 1.29 is 13.2 Å². The molecule has 7 heteroatoms. The molecule has 0 saturated carbocycles. The van der Waals surface area contributed by atoms with Gasteiger partial charge in [0.15, 0.2) is 0 Å². The van der Waals surface area contributed by atoms with Crippen molar-refractivity contribution in [3.05, 3.63) is 26.3 Å².